The summed E-state index contributed by atoms with van der Waals surface area (Å²) in [6.45, 7) is 0. The van der Waals surface area contributed by atoms with Gasteiger partial charge in [-0.15, -0.1) is 0 Å². The molecule has 0 radical (unpaired) electrons. The van der Waals surface area contributed by atoms with E-state index in [1.165, 1.54) is 25.6 Å². The smallest absolute Gasteiger partial charge is 0.316 e. The van der Waals surface area contributed by atoms with Gasteiger partial charge in [0.05, 0.1) is 13.2 Å². The fourth-order valence-electron chi connectivity index (χ4n) is 1.68. The summed E-state index contributed by atoms with van der Waals surface area (Å²) >= 11 is 0. The topological polar surface area (TPSA) is 73.1 Å². The Balaban J connectivity index is 2.37. The molecular formula is C12H12F2N4O. The minimum atomic E-state index is -0.696. The highest BCUT2D eigenvalue weighted by molar-refractivity contribution is 5.30. The van der Waals surface area contributed by atoms with Crippen molar-refractivity contribution >= 4 is 0 Å². The largest absolute Gasteiger partial charge is 0.467 e. The zero-order chi connectivity index (χ0) is 13.8. The Hall–Kier alpha value is -2.12. The highest BCUT2D eigenvalue weighted by atomic mass is 19.1. The molecule has 1 aromatic carbocycles. The SMILES string of the molecule is COc1ncc(C(NN)c2ccc(F)cc2F)cn1. The summed E-state index contributed by atoms with van der Waals surface area (Å²) in [7, 11) is 1.44. The van der Waals surface area contributed by atoms with E-state index < -0.39 is 17.7 Å². The number of methoxy groups -OCH3 is 1. The number of nitrogens with one attached hydrogen (secondary N) is 1. The van der Waals surface area contributed by atoms with Gasteiger partial charge in [0.1, 0.15) is 11.6 Å². The van der Waals surface area contributed by atoms with Crippen molar-refractivity contribution < 1.29 is 13.5 Å². The first-order valence-corrected chi connectivity index (χ1v) is 5.42. The van der Waals surface area contributed by atoms with Crippen molar-refractivity contribution in [2.24, 2.45) is 5.84 Å². The standard InChI is InChI=1S/C12H12F2N4O/c1-19-12-16-5-7(6-17-12)11(18-15)9-3-2-8(13)4-10(9)14/h2-6,11,18H,15H2,1H3. The summed E-state index contributed by atoms with van der Waals surface area (Å²) in [5.41, 5.74) is 3.19. The number of ether oxygens (including phenoxy) is 1. The number of hydrogen-bond donors (Lipinski definition) is 2. The monoisotopic (exact) mass is 266 g/mol. The van der Waals surface area contributed by atoms with Crippen LogP contribution in [0, 0.1) is 11.6 Å². The second kappa shape index (κ2) is 5.68. The normalized spacial score (nSPS) is 12.2. The first-order valence-electron chi connectivity index (χ1n) is 5.42. The van der Waals surface area contributed by atoms with Crippen LogP contribution in [0.25, 0.3) is 0 Å². The number of halogens is 2. The molecule has 1 atom stereocenters. The van der Waals surface area contributed by atoms with E-state index in [-0.39, 0.29) is 11.6 Å². The van der Waals surface area contributed by atoms with Crippen LogP contribution in [0.1, 0.15) is 17.2 Å². The molecule has 0 bridgehead atoms. The minimum absolute atomic E-state index is 0.194. The van der Waals surface area contributed by atoms with Crippen molar-refractivity contribution in [2.45, 2.75) is 6.04 Å². The van der Waals surface area contributed by atoms with Gasteiger partial charge in [-0.2, -0.15) is 0 Å². The molecule has 1 unspecified atom stereocenters. The number of rotatable bonds is 4. The van der Waals surface area contributed by atoms with Crippen molar-refractivity contribution in [3.63, 3.8) is 0 Å². The van der Waals surface area contributed by atoms with Crippen molar-refractivity contribution in [1.82, 2.24) is 15.4 Å². The van der Waals surface area contributed by atoms with Crippen LogP contribution in [0.4, 0.5) is 8.78 Å². The van der Waals surface area contributed by atoms with Gasteiger partial charge in [-0.25, -0.2) is 24.2 Å². The molecule has 0 aliphatic heterocycles. The van der Waals surface area contributed by atoms with E-state index in [4.69, 9.17) is 10.6 Å². The van der Waals surface area contributed by atoms with Gasteiger partial charge in [-0.3, -0.25) is 5.84 Å². The molecule has 3 N–H and O–H groups in total. The maximum absolute atomic E-state index is 13.7. The number of nitrogens with zero attached hydrogens (tertiary/aromatic N) is 2. The Morgan fingerprint density at radius 1 is 1.26 bits per heavy atom. The highest BCUT2D eigenvalue weighted by Crippen LogP contribution is 2.23. The zero-order valence-corrected chi connectivity index (χ0v) is 10.1. The summed E-state index contributed by atoms with van der Waals surface area (Å²) in [5, 5.41) is 0. The van der Waals surface area contributed by atoms with Crippen LogP contribution in [0.2, 0.25) is 0 Å². The molecule has 100 valence electrons. The van der Waals surface area contributed by atoms with Crippen LogP contribution in [-0.2, 0) is 0 Å². The maximum Gasteiger partial charge on any atom is 0.316 e. The van der Waals surface area contributed by atoms with Crippen molar-refractivity contribution in [2.75, 3.05) is 7.11 Å². The molecule has 2 aromatic rings. The van der Waals surface area contributed by atoms with Crippen molar-refractivity contribution in [1.29, 1.82) is 0 Å². The fourth-order valence-corrected chi connectivity index (χ4v) is 1.68. The predicted molar refractivity (Wildman–Crippen MR) is 64.1 cm³/mol. The van der Waals surface area contributed by atoms with Crippen LogP contribution < -0.4 is 16.0 Å². The molecular weight excluding hydrogens is 254 g/mol. The second-order valence-electron chi connectivity index (χ2n) is 3.77. The predicted octanol–water partition coefficient (Wildman–Crippen LogP) is 1.32. The number of hydrogen-bond acceptors (Lipinski definition) is 5. The lowest BCUT2D eigenvalue weighted by Gasteiger charge is -2.16. The Morgan fingerprint density at radius 2 is 1.95 bits per heavy atom. The summed E-state index contributed by atoms with van der Waals surface area (Å²) < 4.78 is 31.4. The highest BCUT2D eigenvalue weighted by Gasteiger charge is 2.18. The molecule has 2 rings (SSSR count). The van der Waals surface area contributed by atoms with Crippen LogP contribution >= 0.6 is 0 Å². The molecule has 0 saturated carbocycles. The van der Waals surface area contributed by atoms with Gasteiger partial charge in [0, 0.05) is 29.6 Å². The molecule has 5 nitrogen and oxygen atoms in total. The lowest BCUT2D eigenvalue weighted by Crippen LogP contribution is -2.29. The van der Waals surface area contributed by atoms with Crippen molar-refractivity contribution in [3.05, 3.63) is 53.4 Å². The Labute approximate surface area is 108 Å². The van der Waals surface area contributed by atoms with Gasteiger partial charge in [0.2, 0.25) is 0 Å². The average molecular weight is 266 g/mol. The molecule has 0 amide bonds. The van der Waals surface area contributed by atoms with Crippen molar-refractivity contribution in [3.8, 4) is 6.01 Å². The minimum Gasteiger partial charge on any atom is -0.467 e. The van der Waals surface area contributed by atoms with E-state index in [1.54, 1.807) is 0 Å². The van der Waals surface area contributed by atoms with Gasteiger partial charge in [0.15, 0.2) is 0 Å². The van der Waals surface area contributed by atoms with E-state index in [0.29, 0.717) is 5.56 Å². The summed E-state index contributed by atoms with van der Waals surface area (Å²) in [5.74, 6) is 4.07. The zero-order valence-electron chi connectivity index (χ0n) is 10.1. The third kappa shape index (κ3) is 2.83. The summed E-state index contributed by atoms with van der Waals surface area (Å²) in [6.07, 6.45) is 2.91. The van der Waals surface area contributed by atoms with E-state index >= 15 is 0 Å². The van der Waals surface area contributed by atoms with E-state index in [1.807, 2.05) is 0 Å². The fraction of sp³-hybridized carbons (Fsp3) is 0.167. The van der Waals surface area contributed by atoms with Crippen LogP contribution in [-0.4, -0.2) is 17.1 Å². The maximum atomic E-state index is 13.7. The number of nitrogens with two attached hydrogens (primary N) is 1. The van der Waals surface area contributed by atoms with Crippen LogP contribution in [0.3, 0.4) is 0 Å². The number of hydrazine groups is 1. The first-order chi connectivity index (χ1) is 9.15. The molecule has 0 spiro atoms. The van der Waals surface area contributed by atoms with Crippen LogP contribution in [0.15, 0.2) is 30.6 Å². The average Bonchev–Trinajstić information content (AvgIpc) is 2.42. The molecule has 7 heteroatoms. The second-order valence-corrected chi connectivity index (χ2v) is 3.77. The third-order valence-electron chi connectivity index (χ3n) is 2.60. The molecule has 0 saturated heterocycles. The number of benzene rings is 1. The third-order valence-corrected chi connectivity index (χ3v) is 2.60. The van der Waals surface area contributed by atoms with Gasteiger partial charge in [0.25, 0.3) is 0 Å². The van der Waals surface area contributed by atoms with Gasteiger partial charge >= 0.3 is 6.01 Å². The Kier molecular flexibility index (Phi) is 3.98. The van der Waals surface area contributed by atoms with E-state index in [9.17, 15) is 8.78 Å². The molecule has 1 aromatic heterocycles. The molecule has 0 aliphatic rings. The number of aromatic nitrogens is 2. The molecule has 0 aliphatic carbocycles. The van der Waals surface area contributed by atoms with Gasteiger partial charge < -0.3 is 4.74 Å². The quantitative estimate of drug-likeness (QED) is 0.645. The lowest BCUT2D eigenvalue weighted by atomic mass is 10.0. The van der Waals surface area contributed by atoms with Crippen LogP contribution in [0.5, 0.6) is 6.01 Å². The lowest BCUT2D eigenvalue weighted by molar-refractivity contribution is 0.378. The first kappa shape index (κ1) is 13.3. The summed E-state index contributed by atoms with van der Waals surface area (Å²) in [6, 6.07) is 2.79. The summed E-state index contributed by atoms with van der Waals surface area (Å²) in [4.78, 5) is 7.83. The van der Waals surface area contributed by atoms with Gasteiger partial charge in [-0.05, 0) is 6.07 Å². The molecule has 19 heavy (non-hydrogen) atoms. The molecule has 1 heterocycles. The van der Waals surface area contributed by atoms with E-state index in [2.05, 4.69) is 15.4 Å². The Morgan fingerprint density at radius 3 is 2.47 bits per heavy atom. The molecule has 0 fully saturated rings. The van der Waals surface area contributed by atoms with Gasteiger partial charge in [-0.1, -0.05) is 6.07 Å². The Bertz CT molecular complexity index is 562. The van der Waals surface area contributed by atoms with E-state index in [0.717, 1.165) is 12.1 Å².